The Hall–Kier alpha value is -2.70. The SMILES string of the molecule is CC(C)C[C@H](NC(=O)[C@H]1CC(=O)[C@@H]2CCCN2C(=O)CCCCCCCCOc2ccc(cc2)C1)C(=O)C1(C)CC1. The minimum absolute atomic E-state index is 0.0498. The highest BCUT2D eigenvalue weighted by Gasteiger charge is 2.48. The molecule has 1 saturated heterocycles. The Morgan fingerprint density at radius 3 is 2.34 bits per heavy atom. The first-order valence-corrected chi connectivity index (χ1v) is 16.0. The predicted octanol–water partition coefficient (Wildman–Crippen LogP) is 5.82. The van der Waals surface area contributed by atoms with E-state index in [1.165, 1.54) is 0 Å². The number of ketones is 2. The second-order valence-corrected chi connectivity index (χ2v) is 13.3. The summed E-state index contributed by atoms with van der Waals surface area (Å²) in [5, 5.41) is 3.08. The fraction of sp³-hybridized carbons (Fsp3) is 0.706. The molecule has 2 amide bonds. The second kappa shape index (κ2) is 14.5. The zero-order valence-electron chi connectivity index (χ0n) is 25.4. The average molecular weight is 567 g/mol. The first kappa shape index (κ1) is 31.2. The summed E-state index contributed by atoms with van der Waals surface area (Å²) in [5.41, 5.74) is 0.596. The van der Waals surface area contributed by atoms with Gasteiger partial charge in [-0.3, -0.25) is 19.2 Å². The number of hydrogen-bond donors (Lipinski definition) is 1. The van der Waals surface area contributed by atoms with Gasteiger partial charge in [0.05, 0.1) is 18.7 Å². The van der Waals surface area contributed by atoms with E-state index in [1.54, 1.807) is 4.90 Å². The van der Waals surface area contributed by atoms with Crippen molar-refractivity contribution in [3.8, 4) is 5.75 Å². The zero-order chi connectivity index (χ0) is 29.4. The van der Waals surface area contributed by atoms with E-state index in [4.69, 9.17) is 4.74 Å². The third kappa shape index (κ3) is 8.89. The number of benzene rings is 1. The van der Waals surface area contributed by atoms with Crippen LogP contribution in [0.4, 0.5) is 0 Å². The Labute approximate surface area is 246 Å². The first-order valence-electron chi connectivity index (χ1n) is 16.0. The van der Waals surface area contributed by atoms with Gasteiger partial charge < -0.3 is 15.0 Å². The van der Waals surface area contributed by atoms with Crippen LogP contribution in [-0.4, -0.2) is 53.5 Å². The molecule has 4 aliphatic rings. The van der Waals surface area contributed by atoms with Gasteiger partial charge in [0.1, 0.15) is 5.75 Å². The van der Waals surface area contributed by atoms with Crippen LogP contribution in [-0.2, 0) is 25.6 Å². The molecule has 0 aromatic heterocycles. The summed E-state index contributed by atoms with van der Waals surface area (Å²) in [5.74, 6) is 0.295. The van der Waals surface area contributed by atoms with E-state index in [-0.39, 0.29) is 41.1 Å². The van der Waals surface area contributed by atoms with Crippen molar-refractivity contribution in [2.75, 3.05) is 13.2 Å². The number of hydrogen-bond acceptors (Lipinski definition) is 5. The van der Waals surface area contributed by atoms with E-state index < -0.39 is 18.0 Å². The van der Waals surface area contributed by atoms with Crippen molar-refractivity contribution in [1.29, 1.82) is 0 Å². The standard InChI is InChI=1S/C34H50N2O5/c1-24(2)21-28(32(39)34(3)17-18-34)35-33(40)26-22-25-13-15-27(16-14-25)41-20-9-7-5-4-6-8-12-31(38)36-19-10-11-29(36)30(37)23-26/h13-16,24,26,28-29H,4-12,17-23H2,1-3H3,(H,35,40)/t26-,28+,29+/m1/s1. The molecule has 41 heavy (non-hydrogen) atoms. The van der Waals surface area contributed by atoms with Gasteiger partial charge in [0.15, 0.2) is 11.6 Å². The molecule has 2 bridgehead atoms. The van der Waals surface area contributed by atoms with Crippen LogP contribution in [0.2, 0.25) is 0 Å². The van der Waals surface area contributed by atoms with Crippen LogP contribution in [0.3, 0.4) is 0 Å². The van der Waals surface area contributed by atoms with Crippen molar-refractivity contribution >= 4 is 23.4 Å². The maximum Gasteiger partial charge on any atom is 0.224 e. The monoisotopic (exact) mass is 566 g/mol. The minimum Gasteiger partial charge on any atom is -0.494 e. The maximum atomic E-state index is 13.8. The Morgan fingerprint density at radius 2 is 1.66 bits per heavy atom. The molecule has 7 heteroatoms. The van der Waals surface area contributed by atoms with E-state index >= 15 is 0 Å². The van der Waals surface area contributed by atoms with Crippen LogP contribution in [0.5, 0.6) is 5.75 Å². The van der Waals surface area contributed by atoms with Gasteiger partial charge in [-0.15, -0.1) is 0 Å². The summed E-state index contributed by atoms with van der Waals surface area (Å²) >= 11 is 0. The largest absolute Gasteiger partial charge is 0.494 e. The van der Waals surface area contributed by atoms with Crippen molar-refractivity contribution in [3.05, 3.63) is 29.8 Å². The molecule has 3 atom stereocenters. The first-order chi connectivity index (χ1) is 19.7. The predicted molar refractivity (Wildman–Crippen MR) is 160 cm³/mol. The molecule has 1 aliphatic carbocycles. The van der Waals surface area contributed by atoms with Crippen molar-refractivity contribution in [1.82, 2.24) is 10.2 Å². The van der Waals surface area contributed by atoms with Crippen LogP contribution >= 0.6 is 0 Å². The molecule has 1 N–H and O–H groups in total. The third-order valence-corrected chi connectivity index (χ3v) is 9.16. The van der Waals surface area contributed by atoms with Gasteiger partial charge in [-0.05, 0) is 75.0 Å². The van der Waals surface area contributed by atoms with Gasteiger partial charge >= 0.3 is 0 Å². The van der Waals surface area contributed by atoms with Gasteiger partial charge in [-0.1, -0.05) is 58.6 Å². The lowest BCUT2D eigenvalue weighted by Crippen LogP contribution is -2.48. The zero-order valence-corrected chi connectivity index (χ0v) is 25.4. The van der Waals surface area contributed by atoms with E-state index in [0.29, 0.717) is 38.8 Å². The van der Waals surface area contributed by atoms with Crippen LogP contribution in [0.15, 0.2) is 24.3 Å². The van der Waals surface area contributed by atoms with Crippen molar-refractivity contribution in [3.63, 3.8) is 0 Å². The maximum absolute atomic E-state index is 13.8. The summed E-state index contributed by atoms with van der Waals surface area (Å²) in [4.78, 5) is 55.7. The molecule has 1 aromatic carbocycles. The Balaban J connectivity index is 1.54. The van der Waals surface area contributed by atoms with Gasteiger partial charge in [0, 0.05) is 30.7 Å². The molecule has 0 radical (unpaired) electrons. The average Bonchev–Trinajstić information content (AvgIpc) is 3.49. The summed E-state index contributed by atoms with van der Waals surface area (Å²) in [6.45, 7) is 7.37. The molecule has 226 valence electrons. The summed E-state index contributed by atoms with van der Waals surface area (Å²) < 4.78 is 5.93. The number of nitrogens with zero attached hydrogens (tertiary/aromatic N) is 1. The molecular weight excluding hydrogens is 516 g/mol. The van der Waals surface area contributed by atoms with Crippen molar-refractivity contribution in [2.24, 2.45) is 17.3 Å². The summed E-state index contributed by atoms with van der Waals surface area (Å²) in [6.07, 6.45) is 10.9. The molecule has 1 saturated carbocycles. The number of Topliss-reactive ketones (excluding diaryl/α,β-unsaturated/α-hetero) is 2. The quantitative estimate of drug-likeness (QED) is 0.469. The lowest BCUT2D eigenvalue weighted by atomic mass is 9.88. The Morgan fingerprint density at radius 1 is 0.976 bits per heavy atom. The van der Waals surface area contributed by atoms with E-state index in [1.807, 2.05) is 31.2 Å². The lowest BCUT2D eigenvalue weighted by Gasteiger charge is -2.27. The highest BCUT2D eigenvalue weighted by molar-refractivity contribution is 5.97. The molecule has 3 aliphatic heterocycles. The molecule has 5 rings (SSSR count). The summed E-state index contributed by atoms with van der Waals surface area (Å²) in [6, 6.07) is 6.78. The number of carbonyl (C=O) groups excluding carboxylic acids is 4. The normalized spacial score (nSPS) is 24.8. The molecule has 7 nitrogen and oxygen atoms in total. The van der Waals surface area contributed by atoms with E-state index in [9.17, 15) is 19.2 Å². The Kier molecular flexibility index (Phi) is 11.0. The smallest absolute Gasteiger partial charge is 0.224 e. The number of ether oxygens (including phenoxy) is 1. The number of amides is 2. The highest BCUT2D eigenvalue weighted by atomic mass is 16.5. The number of nitrogens with one attached hydrogen (secondary N) is 1. The molecular formula is C34H50N2O5. The Bertz CT molecular complexity index is 1060. The van der Waals surface area contributed by atoms with Crippen LogP contribution < -0.4 is 10.1 Å². The van der Waals surface area contributed by atoms with Gasteiger partial charge in [0.25, 0.3) is 0 Å². The molecule has 0 unspecified atom stereocenters. The fourth-order valence-electron chi connectivity index (χ4n) is 6.31. The number of carbonyl (C=O) groups is 4. The van der Waals surface area contributed by atoms with E-state index in [2.05, 4.69) is 19.2 Å². The minimum atomic E-state index is -0.619. The molecule has 3 heterocycles. The van der Waals surface area contributed by atoms with Crippen LogP contribution in [0.1, 0.15) is 110 Å². The summed E-state index contributed by atoms with van der Waals surface area (Å²) in [7, 11) is 0. The van der Waals surface area contributed by atoms with Gasteiger partial charge in [-0.2, -0.15) is 0 Å². The number of fused-ring (bicyclic) bond motifs is 14. The molecule has 0 spiro atoms. The second-order valence-electron chi connectivity index (χ2n) is 13.3. The number of rotatable bonds is 6. The van der Waals surface area contributed by atoms with Crippen LogP contribution in [0, 0.1) is 17.3 Å². The molecule has 1 aromatic rings. The lowest BCUT2D eigenvalue weighted by molar-refractivity contribution is -0.139. The van der Waals surface area contributed by atoms with E-state index in [0.717, 1.165) is 69.1 Å². The van der Waals surface area contributed by atoms with Gasteiger partial charge in [0.2, 0.25) is 11.8 Å². The molecule has 2 fully saturated rings. The van der Waals surface area contributed by atoms with Crippen LogP contribution in [0.25, 0.3) is 0 Å². The van der Waals surface area contributed by atoms with Crippen molar-refractivity contribution < 1.29 is 23.9 Å². The fourth-order valence-corrected chi connectivity index (χ4v) is 6.31. The topological polar surface area (TPSA) is 92.8 Å². The van der Waals surface area contributed by atoms with Gasteiger partial charge in [-0.25, -0.2) is 0 Å². The van der Waals surface area contributed by atoms with Crippen molar-refractivity contribution in [2.45, 2.75) is 123 Å². The highest BCUT2D eigenvalue weighted by Crippen LogP contribution is 2.47. The third-order valence-electron chi connectivity index (χ3n) is 9.16.